The van der Waals surface area contributed by atoms with Gasteiger partial charge < -0.3 is 9.21 Å². The van der Waals surface area contributed by atoms with Gasteiger partial charge in [0.15, 0.2) is 0 Å². The van der Waals surface area contributed by atoms with Gasteiger partial charge in [-0.2, -0.15) is 0 Å². The molecule has 1 aromatic heterocycles. The molecule has 0 radical (unpaired) electrons. The molecule has 0 aromatic carbocycles. The largest absolute Gasteiger partial charge is 0.469 e. The average Bonchev–Trinajstić information content (AvgIpc) is 2.53. The number of carbonyl (C=O) groups is 2. The smallest absolute Gasteiger partial charge is 0.140 e. The molecule has 0 bridgehead atoms. The second-order valence-corrected chi connectivity index (χ2v) is 3.00. The van der Waals surface area contributed by atoms with E-state index in [0.717, 1.165) is 0 Å². The summed E-state index contributed by atoms with van der Waals surface area (Å²) in [6, 6.07) is 3.50. The maximum absolute atomic E-state index is 11.2. The fourth-order valence-electron chi connectivity index (χ4n) is 1.01. The molecule has 0 aliphatic heterocycles. The van der Waals surface area contributed by atoms with E-state index in [1.54, 1.807) is 12.1 Å². The molecule has 1 heterocycles. The Hall–Kier alpha value is -1.38. The first-order valence-corrected chi connectivity index (χ1v) is 4.22. The van der Waals surface area contributed by atoms with Crippen LogP contribution in [0, 0.1) is 0 Å². The zero-order valence-corrected chi connectivity index (χ0v) is 7.58. The molecule has 3 nitrogen and oxygen atoms in total. The molecule has 3 heteroatoms. The molecular weight excluding hydrogens is 168 g/mol. The molecule has 0 saturated carbocycles. The van der Waals surface area contributed by atoms with Gasteiger partial charge in [-0.05, 0) is 19.1 Å². The topological polar surface area (TPSA) is 47.3 Å². The van der Waals surface area contributed by atoms with Crippen molar-refractivity contribution in [2.24, 2.45) is 0 Å². The third kappa shape index (κ3) is 3.69. The van der Waals surface area contributed by atoms with Gasteiger partial charge in [0, 0.05) is 12.8 Å². The summed E-state index contributed by atoms with van der Waals surface area (Å²) >= 11 is 0. The van der Waals surface area contributed by atoms with Crippen LogP contribution in [-0.2, 0) is 16.0 Å². The van der Waals surface area contributed by atoms with Gasteiger partial charge >= 0.3 is 0 Å². The Labute approximate surface area is 76.7 Å². The van der Waals surface area contributed by atoms with E-state index in [1.807, 2.05) is 0 Å². The minimum atomic E-state index is 0.0464. The Morgan fingerprint density at radius 2 is 2.15 bits per heavy atom. The van der Waals surface area contributed by atoms with Gasteiger partial charge in [-0.1, -0.05) is 0 Å². The van der Waals surface area contributed by atoms with E-state index in [1.165, 1.54) is 13.2 Å². The normalized spacial score (nSPS) is 9.92. The molecule has 1 aromatic rings. The van der Waals surface area contributed by atoms with Gasteiger partial charge in [0.1, 0.15) is 17.3 Å². The van der Waals surface area contributed by atoms with Gasteiger partial charge in [-0.25, -0.2) is 0 Å². The summed E-state index contributed by atoms with van der Waals surface area (Å²) in [4.78, 5) is 21.8. The van der Waals surface area contributed by atoms with Crippen molar-refractivity contribution < 1.29 is 14.0 Å². The second kappa shape index (κ2) is 4.60. The summed E-state index contributed by atoms with van der Waals surface area (Å²) < 4.78 is 5.01. The third-order valence-electron chi connectivity index (χ3n) is 1.71. The summed E-state index contributed by atoms with van der Waals surface area (Å²) in [6.45, 7) is 1.49. The van der Waals surface area contributed by atoms with Crippen molar-refractivity contribution in [2.75, 3.05) is 0 Å². The predicted octanol–water partition coefficient (Wildman–Crippen LogP) is 1.76. The van der Waals surface area contributed by atoms with Gasteiger partial charge in [0.25, 0.3) is 0 Å². The number of ketones is 2. The van der Waals surface area contributed by atoms with Crippen LogP contribution in [0.25, 0.3) is 0 Å². The predicted molar refractivity (Wildman–Crippen MR) is 47.3 cm³/mol. The van der Waals surface area contributed by atoms with E-state index in [2.05, 4.69) is 0 Å². The first-order chi connectivity index (χ1) is 6.18. The van der Waals surface area contributed by atoms with Crippen molar-refractivity contribution in [3.05, 3.63) is 24.2 Å². The fraction of sp³-hybridized carbons (Fsp3) is 0.400. The second-order valence-electron chi connectivity index (χ2n) is 3.00. The Morgan fingerprint density at radius 1 is 1.38 bits per heavy atom. The number of hydrogen-bond donors (Lipinski definition) is 0. The van der Waals surface area contributed by atoms with Crippen molar-refractivity contribution in [1.82, 2.24) is 0 Å². The van der Waals surface area contributed by atoms with Crippen LogP contribution in [0.15, 0.2) is 22.8 Å². The average molecular weight is 180 g/mol. The molecular formula is C10H12O3. The Morgan fingerprint density at radius 3 is 2.69 bits per heavy atom. The molecule has 1 rings (SSSR count). The number of furan rings is 1. The Kier molecular flexibility index (Phi) is 3.43. The van der Waals surface area contributed by atoms with Crippen LogP contribution >= 0.6 is 0 Å². The van der Waals surface area contributed by atoms with E-state index in [9.17, 15) is 9.59 Å². The summed E-state index contributed by atoms with van der Waals surface area (Å²) in [5.74, 6) is 0.756. The molecule has 13 heavy (non-hydrogen) atoms. The molecule has 0 saturated heterocycles. The zero-order chi connectivity index (χ0) is 9.68. The van der Waals surface area contributed by atoms with E-state index in [-0.39, 0.29) is 11.6 Å². The highest BCUT2D eigenvalue weighted by Gasteiger charge is 2.06. The van der Waals surface area contributed by atoms with Crippen molar-refractivity contribution in [1.29, 1.82) is 0 Å². The van der Waals surface area contributed by atoms with Crippen molar-refractivity contribution in [3.63, 3.8) is 0 Å². The van der Waals surface area contributed by atoms with Gasteiger partial charge in [0.2, 0.25) is 0 Å². The lowest BCUT2D eigenvalue weighted by Gasteiger charge is -1.95. The highest BCUT2D eigenvalue weighted by atomic mass is 16.3. The molecule has 0 aliphatic carbocycles. The first-order valence-electron chi connectivity index (χ1n) is 4.22. The highest BCUT2D eigenvalue weighted by Crippen LogP contribution is 2.04. The number of carbonyl (C=O) groups excluding carboxylic acids is 2. The maximum atomic E-state index is 11.2. The monoisotopic (exact) mass is 180 g/mol. The summed E-state index contributed by atoms with van der Waals surface area (Å²) in [5.41, 5.74) is 0. The Balaban J connectivity index is 2.30. The standard InChI is InChI=1S/C10H12O3/c1-8(11)4-5-9(12)7-10-3-2-6-13-10/h2-3,6H,4-5,7H2,1H3. The quantitative estimate of drug-likeness (QED) is 0.693. The van der Waals surface area contributed by atoms with Crippen LogP contribution in [0.1, 0.15) is 25.5 Å². The zero-order valence-electron chi connectivity index (χ0n) is 7.58. The van der Waals surface area contributed by atoms with Crippen LogP contribution in [0.2, 0.25) is 0 Å². The molecule has 0 unspecified atom stereocenters. The summed E-state index contributed by atoms with van der Waals surface area (Å²) in [5, 5.41) is 0. The van der Waals surface area contributed by atoms with E-state index < -0.39 is 0 Å². The third-order valence-corrected chi connectivity index (χ3v) is 1.71. The number of Topliss-reactive ketones (excluding diaryl/α,β-unsaturated/α-hetero) is 2. The van der Waals surface area contributed by atoms with Crippen molar-refractivity contribution in [3.8, 4) is 0 Å². The van der Waals surface area contributed by atoms with Crippen LogP contribution < -0.4 is 0 Å². The first kappa shape index (κ1) is 9.71. The molecule has 0 aliphatic rings. The van der Waals surface area contributed by atoms with Gasteiger partial charge in [-0.15, -0.1) is 0 Å². The minimum Gasteiger partial charge on any atom is -0.469 e. The van der Waals surface area contributed by atoms with Crippen LogP contribution in [-0.4, -0.2) is 11.6 Å². The van der Waals surface area contributed by atoms with Crippen LogP contribution in [0.4, 0.5) is 0 Å². The Bertz CT molecular complexity index is 285. The van der Waals surface area contributed by atoms with Crippen molar-refractivity contribution in [2.45, 2.75) is 26.2 Å². The van der Waals surface area contributed by atoms with Gasteiger partial charge in [0.05, 0.1) is 12.7 Å². The molecule has 0 atom stereocenters. The van der Waals surface area contributed by atoms with E-state index >= 15 is 0 Å². The fourth-order valence-corrected chi connectivity index (χ4v) is 1.01. The lowest BCUT2D eigenvalue weighted by molar-refractivity contribution is -0.123. The molecule has 0 amide bonds. The minimum absolute atomic E-state index is 0.0464. The summed E-state index contributed by atoms with van der Waals surface area (Å²) in [6.07, 6.45) is 2.48. The van der Waals surface area contributed by atoms with Gasteiger partial charge in [-0.3, -0.25) is 4.79 Å². The van der Waals surface area contributed by atoms with E-state index in [4.69, 9.17) is 4.42 Å². The maximum Gasteiger partial charge on any atom is 0.140 e. The highest BCUT2D eigenvalue weighted by molar-refractivity contribution is 5.85. The van der Waals surface area contributed by atoms with E-state index in [0.29, 0.717) is 25.0 Å². The molecule has 70 valence electrons. The molecule has 0 fully saturated rings. The summed E-state index contributed by atoms with van der Waals surface area (Å²) in [7, 11) is 0. The number of hydrogen-bond acceptors (Lipinski definition) is 3. The lowest BCUT2D eigenvalue weighted by Crippen LogP contribution is -2.04. The van der Waals surface area contributed by atoms with Crippen molar-refractivity contribution >= 4 is 11.6 Å². The molecule has 0 spiro atoms. The molecule has 0 N–H and O–H groups in total. The van der Waals surface area contributed by atoms with Crippen LogP contribution in [0.3, 0.4) is 0 Å². The SMILES string of the molecule is CC(=O)CCC(=O)Cc1ccco1. The van der Waals surface area contributed by atoms with Crippen LogP contribution in [0.5, 0.6) is 0 Å². The number of rotatable bonds is 5. The lowest BCUT2D eigenvalue weighted by atomic mass is 10.1.